The molecule has 0 bridgehead atoms. The van der Waals surface area contributed by atoms with Gasteiger partial charge in [0.15, 0.2) is 0 Å². The molecule has 1 unspecified atom stereocenters. The molecule has 1 fully saturated rings. The predicted molar refractivity (Wildman–Crippen MR) is 107 cm³/mol. The van der Waals surface area contributed by atoms with Crippen LogP contribution >= 0.6 is 11.8 Å². The summed E-state index contributed by atoms with van der Waals surface area (Å²) in [4.78, 5) is 0.853. The van der Waals surface area contributed by atoms with Crippen molar-refractivity contribution in [3.8, 4) is 11.3 Å². The highest BCUT2D eigenvalue weighted by atomic mass is 32.2. The molecule has 3 nitrogen and oxygen atoms in total. The molecule has 28 heavy (non-hydrogen) atoms. The topological polar surface area (TPSA) is 27.1 Å². The van der Waals surface area contributed by atoms with Crippen molar-refractivity contribution in [2.45, 2.75) is 41.6 Å². The Hall–Kier alpha value is -2.18. The first-order valence-corrected chi connectivity index (χ1v) is 10.2. The molecular formula is C22H22F2N2OS. The Labute approximate surface area is 167 Å². The number of hydrogen-bond acceptors (Lipinski definition) is 3. The number of halogens is 2. The number of hydrogen-bond donors (Lipinski definition) is 0. The molecule has 2 heterocycles. The van der Waals surface area contributed by atoms with Gasteiger partial charge in [0, 0.05) is 35.2 Å². The molecule has 2 aromatic carbocycles. The molecule has 0 spiro atoms. The third kappa shape index (κ3) is 3.84. The zero-order chi connectivity index (χ0) is 19.7. The van der Waals surface area contributed by atoms with Gasteiger partial charge in [0.05, 0.1) is 11.8 Å². The fourth-order valence-electron chi connectivity index (χ4n) is 3.72. The number of nitrogens with zero attached hydrogens (tertiary/aromatic N) is 2. The minimum atomic E-state index is -0.367. The van der Waals surface area contributed by atoms with Crippen LogP contribution in [0.1, 0.15) is 31.2 Å². The summed E-state index contributed by atoms with van der Waals surface area (Å²) in [5.74, 6) is -0.476. The van der Waals surface area contributed by atoms with Crippen molar-refractivity contribution in [1.82, 2.24) is 9.78 Å². The highest BCUT2D eigenvalue weighted by Crippen LogP contribution is 2.38. The third-order valence-electron chi connectivity index (χ3n) is 5.19. The van der Waals surface area contributed by atoms with Gasteiger partial charge in [0.25, 0.3) is 0 Å². The average molecular weight is 400 g/mol. The maximum Gasteiger partial charge on any atom is 0.140 e. The van der Waals surface area contributed by atoms with Crippen molar-refractivity contribution >= 4 is 11.8 Å². The van der Waals surface area contributed by atoms with Crippen LogP contribution in [0.5, 0.6) is 0 Å². The normalized spacial score (nSPS) is 19.7. The Bertz CT molecular complexity index is 988. The lowest BCUT2D eigenvalue weighted by Gasteiger charge is -2.28. The number of benzene rings is 2. The van der Waals surface area contributed by atoms with Gasteiger partial charge in [-0.15, -0.1) is 0 Å². The van der Waals surface area contributed by atoms with Gasteiger partial charge < -0.3 is 4.74 Å². The molecule has 1 aromatic heterocycles. The van der Waals surface area contributed by atoms with E-state index in [1.54, 1.807) is 23.0 Å². The van der Waals surface area contributed by atoms with Crippen LogP contribution in [0.3, 0.4) is 0 Å². The smallest absolute Gasteiger partial charge is 0.140 e. The molecule has 3 aromatic rings. The van der Waals surface area contributed by atoms with Gasteiger partial charge in [-0.25, -0.2) is 8.78 Å². The number of rotatable bonds is 4. The minimum Gasteiger partial charge on any atom is -0.378 e. The second kappa shape index (κ2) is 8.05. The van der Waals surface area contributed by atoms with E-state index in [2.05, 4.69) is 5.10 Å². The molecule has 0 aliphatic carbocycles. The summed E-state index contributed by atoms with van der Waals surface area (Å²) in [6, 6.07) is 12.2. The van der Waals surface area contributed by atoms with E-state index in [4.69, 9.17) is 4.74 Å². The second-order valence-corrected chi connectivity index (χ2v) is 8.23. The van der Waals surface area contributed by atoms with E-state index in [0.29, 0.717) is 22.0 Å². The summed E-state index contributed by atoms with van der Waals surface area (Å²) in [7, 11) is 1.81. The number of aryl methyl sites for hydroxylation is 1. The van der Waals surface area contributed by atoms with Gasteiger partial charge in [-0.3, -0.25) is 4.68 Å². The maximum atomic E-state index is 15.2. The van der Waals surface area contributed by atoms with Crippen molar-refractivity contribution in [2.75, 3.05) is 6.61 Å². The van der Waals surface area contributed by atoms with E-state index in [-0.39, 0.29) is 23.7 Å². The second-order valence-electron chi connectivity index (χ2n) is 7.15. The van der Waals surface area contributed by atoms with Crippen LogP contribution in [0.2, 0.25) is 0 Å². The molecule has 0 N–H and O–H groups in total. The van der Waals surface area contributed by atoms with Crippen LogP contribution in [-0.4, -0.2) is 22.5 Å². The third-order valence-corrected chi connectivity index (χ3v) is 6.27. The molecule has 2 atom stereocenters. The SMILES string of the molecule is CC1C[C@@H](c2cccc(Sc3ccc(-c4ccnn4C)cc3F)c2F)CCO1. The molecule has 1 saturated heterocycles. The Balaban J connectivity index is 1.59. The summed E-state index contributed by atoms with van der Waals surface area (Å²) in [5.41, 5.74) is 2.27. The highest BCUT2D eigenvalue weighted by Gasteiger charge is 2.24. The first-order valence-electron chi connectivity index (χ1n) is 9.38. The summed E-state index contributed by atoms with van der Waals surface area (Å²) in [5, 5.41) is 4.11. The Morgan fingerprint density at radius 2 is 2.00 bits per heavy atom. The van der Waals surface area contributed by atoms with E-state index < -0.39 is 0 Å². The number of ether oxygens (including phenoxy) is 1. The van der Waals surface area contributed by atoms with Gasteiger partial charge in [-0.2, -0.15) is 5.10 Å². The Morgan fingerprint density at radius 1 is 1.14 bits per heavy atom. The molecule has 4 rings (SSSR count). The molecule has 146 valence electrons. The van der Waals surface area contributed by atoms with E-state index in [1.165, 1.54) is 6.07 Å². The van der Waals surface area contributed by atoms with E-state index in [0.717, 1.165) is 35.9 Å². The van der Waals surface area contributed by atoms with Crippen molar-refractivity contribution in [3.63, 3.8) is 0 Å². The van der Waals surface area contributed by atoms with Crippen LogP contribution in [0.15, 0.2) is 58.5 Å². The minimum absolute atomic E-state index is 0.131. The quantitative estimate of drug-likeness (QED) is 0.554. The highest BCUT2D eigenvalue weighted by molar-refractivity contribution is 7.99. The Kier molecular flexibility index (Phi) is 5.51. The zero-order valence-corrected chi connectivity index (χ0v) is 16.7. The van der Waals surface area contributed by atoms with E-state index in [9.17, 15) is 4.39 Å². The van der Waals surface area contributed by atoms with Crippen LogP contribution in [0.4, 0.5) is 8.78 Å². The molecule has 0 amide bonds. The van der Waals surface area contributed by atoms with Crippen molar-refractivity contribution < 1.29 is 13.5 Å². The summed E-state index contributed by atoms with van der Waals surface area (Å²) in [6.07, 6.45) is 3.42. The maximum absolute atomic E-state index is 15.2. The van der Waals surface area contributed by atoms with Crippen LogP contribution in [-0.2, 0) is 11.8 Å². The van der Waals surface area contributed by atoms with Crippen molar-refractivity contribution in [3.05, 3.63) is 65.9 Å². The van der Waals surface area contributed by atoms with Crippen molar-refractivity contribution in [1.29, 1.82) is 0 Å². The van der Waals surface area contributed by atoms with Crippen LogP contribution in [0, 0.1) is 11.6 Å². The predicted octanol–water partition coefficient (Wildman–Crippen LogP) is 5.80. The van der Waals surface area contributed by atoms with Crippen LogP contribution < -0.4 is 0 Å². The lowest BCUT2D eigenvalue weighted by Crippen LogP contribution is -2.22. The first-order chi connectivity index (χ1) is 13.5. The fourth-order valence-corrected chi connectivity index (χ4v) is 4.60. The zero-order valence-electron chi connectivity index (χ0n) is 15.9. The first kappa shape index (κ1) is 19.2. The largest absolute Gasteiger partial charge is 0.378 e. The molecule has 6 heteroatoms. The fraction of sp³-hybridized carbons (Fsp3) is 0.318. The van der Waals surface area contributed by atoms with Crippen LogP contribution in [0.25, 0.3) is 11.3 Å². The monoisotopic (exact) mass is 400 g/mol. The van der Waals surface area contributed by atoms with Gasteiger partial charge in [0.1, 0.15) is 11.6 Å². The lowest BCUT2D eigenvalue weighted by molar-refractivity contribution is 0.0181. The molecule has 0 radical (unpaired) electrons. The van der Waals surface area contributed by atoms with Gasteiger partial charge in [0.2, 0.25) is 0 Å². The Morgan fingerprint density at radius 3 is 2.71 bits per heavy atom. The number of aromatic nitrogens is 2. The molecular weight excluding hydrogens is 378 g/mol. The van der Waals surface area contributed by atoms with Gasteiger partial charge >= 0.3 is 0 Å². The molecule has 0 saturated carbocycles. The average Bonchev–Trinajstić information content (AvgIpc) is 3.11. The standard InChI is InChI=1S/C22H22F2N2OS/c1-14-12-15(9-11-27-14)17-4-3-5-21(22(17)24)28-20-7-6-16(13-18(20)23)19-8-10-25-26(19)2/h3-8,10,13-15H,9,11-12H2,1-2H3/t14?,15-/m0/s1. The van der Waals surface area contributed by atoms with E-state index >= 15 is 4.39 Å². The molecule has 1 aliphatic heterocycles. The van der Waals surface area contributed by atoms with E-state index in [1.807, 2.05) is 38.2 Å². The van der Waals surface area contributed by atoms with Gasteiger partial charge in [-0.1, -0.05) is 30.0 Å². The summed E-state index contributed by atoms with van der Waals surface area (Å²) in [6.45, 7) is 2.66. The van der Waals surface area contributed by atoms with Crippen molar-refractivity contribution in [2.24, 2.45) is 7.05 Å². The summed E-state index contributed by atoms with van der Waals surface area (Å²) >= 11 is 1.13. The molecule has 1 aliphatic rings. The summed E-state index contributed by atoms with van der Waals surface area (Å²) < 4.78 is 37.1. The van der Waals surface area contributed by atoms with Gasteiger partial charge in [-0.05, 0) is 55.5 Å². The lowest BCUT2D eigenvalue weighted by atomic mass is 9.89.